The van der Waals surface area contributed by atoms with Gasteiger partial charge in [0.15, 0.2) is 0 Å². The minimum atomic E-state index is 0.227. The molecule has 1 atom stereocenters. The van der Waals surface area contributed by atoms with Crippen LogP contribution in [0.2, 0.25) is 0 Å². The van der Waals surface area contributed by atoms with Crippen LogP contribution in [0.25, 0.3) is 0 Å². The molecular formula is C11H18N6. The Morgan fingerprint density at radius 3 is 2.94 bits per heavy atom. The van der Waals surface area contributed by atoms with Gasteiger partial charge in [0.05, 0.1) is 12.4 Å². The van der Waals surface area contributed by atoms with E-state index in [9.17, 15) is 0 Å². The normalized spacial score (nSPS) is 12.8. The lowest BCUT2D eigenvalue weighted by Crippen LogP contribution is -2.23. The van der Waals surface area contributed by atoms with Crippen molar-refractivity contribution in [1.29, 1.82) is 0 Å². The number of aromatic nitrogens is 5. The second-order valence-electron chi connectivity index (χ2n) is 4.13. The number of aryl methyl sites for hydroxylation is 2. The molecule has 2 rings (SSSR count). The van der Waals surface area contributed by atoms with Gasteiger partial charge in [-0.05, 0) is 19.9 Å². The van der Waals surface area contributed by atoms with E-state index in [1.165, 1.54) is 0 Å². The third-order valence-electron chi connectivity index (χ3n) is 2.74. The summed E-state index contributed by atoms with van der Waals surface area (Å²) in [7, 11) is 1.96. The number of nitrogens with one attached hydrogen (secondary N) is 1. The zero-order valence-electron chi connectivity index (χ0n) is 10.2. The smallest absolute Gasteiger partial charge is 0.149 e. The molecule has 0 saturated carbocycles. The standard InChI is InChI=1S/C11H18N6/c1-10(11-15-14-9-16(11)2)13-4-3-6-17-7-5-12-8-17/h5,7-10,13H,3-4,6H2,1-2H3. The van der Waals surface area contributed by atoms with Crippen LogP contribution in [0.15, 0.2) is 25.0 Å². The van der Waals surface area contributed by atoms with Crippen LogP contribution in [-0.4, -0.2) is 30.9 Å². The molecule has 0 bridgehead atoms. The highest BCUT2D eigenvalue weighted by Gasteiger charge is 2.09. The van der Waals surface area contributed by atoms with E-state index in [0.29, 0.717) is 0 Å². The van der Waals surface area contributed by atoms with E-state index in [1.807, 2.05) is 24.1 Å². The number of imidazole rings is 1. The zero-order valence-corrected chi connectivity index (χ0v) is 10.2. The summed E-state index contributed by atoms with van der Waals surface area (Å²) < 4.78 is 4.02. The van der Waals surface area contributed by atoms with E-state index >= 15 is 0 Å². The quantitative estimate of drug-likeness (QED) is 0.749. The van der Waals surface area contributed by atoms with Crippen molar-refractivity contribution in [2.75, 3.05) is 6.54 Å². The van der Waals surface area contributed by atoms with Crippen molar-refractivity contribution in [1.82, 2.24) is 29.6 Å². The number of rotatable bonds is 6. The number of hydrogen-bond acceptors (Lipinski definition) is 4. The van der Waals surface area contributed by atoms with Crippen LogP contribution in [0.3, 0.4) is 0 Å². The lowest BCUT2D eigenvalue weighted by atomic mass is 10.3. The highest BCUT2D eigenvalue weighted by molar-refractivity contribution is 4.91. The molecule has 0 aliphatic rings. The number of hydrogen-bond donors (Lipinski definition) is 1. The maximum atomic E-state index is 4.08. The molecule has 6 heteroatoms. The first-order valence-corrected chi connectivity index (χ1v) is 5.80. The average molecular weight is 234 g/mol. The molecule has 0 aromatic carbocycles. The van der Waals surface area contributed by atoms with Gasteiger partial charge in [0.1, 0.15) is 12.2 Å². The minimum Gasteiger partial charge on any atom is -0.337 e. The molecule has 0 aliphatic carbocycles. The molecular weight excluding hydrogens is 216 g/mol. The van der Waals surface area contributed by atoms with Gasteiger partial charge in [-0.1, -0.05) is 0 Å². The monoisotopic (exact) mass is 234 g/mol. The third kappa shape index (κ3) is 3.13. The lowest BCUT2D eigenvalue weighted by Gasteiger charge is -2.12. The third-order valence-corrected chi connectivity index (χ3v) is 2.74. The Kier molecular flexibility index (Phi) is 3.87. The summed E-state index contributed by atoms with van der Waals surface area (Å²) in [6, 6.07) is 0.227. The molecule has 0 spiro atoms. The molecule has 0 fully saturated rings. The van der Waals surface area contributed by atoms with Gasteiger partial charge in [-0.2, -0.15) is 0 Å². The molecule has 0 aliphatic heterocycles. The first-order valence-electron chi connectivity index (χ1n) is 5.80. The van der Waals surface area contributed by atoms with Crippen LogP contribution in [-0.2, 0) is 13.6 Å². The van der Waals surface area contributed by atoms with Gasteiger partial charge in [0.25, 0.3) is 0 Å². The molecule has 2 heterocycles. The van der Waals surface area contributed by atoms with Crippen molar-refractivity contribution in [3.05, 3.63) is 30.9 Å². The molecule has 92 valence electrons. The minimum absolute atomic E-state index is 0.227. The average Bonchev–Trinajstić information content (AvgIpc) is 2.95. The summed E-state index contributed by atoms with van der Waals surface area (Å²) in [6.07, 6.45) is 8.41. The topological polar surface area (TPSA) is 60.6 Å². The van der Waals surface area contributed by atoms with Crippen LogP contribution < -0.4 is 5.32 Å². The summed E-state index contributed by atoms with van der Waals surface area (Å²) in [4.78, 5) is 4.01. The predicted octanol–water partition coefficient (Wildman–Crippen LogP) is 0.752. The van der Waals surface area contributed by atoms with Gasteiger partial charge in [-0.3, -0.25) is 0 Å². The first-order chi connectivity index (χ1) is 8.27. The maximum absolute atomic E-state index is 4.08. The molecule has 6 nitrogen and oxygen atoms in total. The van der Waals surface area contributed by atoms with Crippen molar-refractivity contribution in [3.63, 3.8) is 0 Å². The van der Waals surface area contributed by atoms with Crippen LogP contribution in [0.5, 0.6) is 0 Å². The van der Waals surface area contributed by atoms with Crippen molar-refractivity contribution >= 4 is 0 Å². The Labute approximate surface area is 101 Å². The Balaban J connectivity index is 1.70. The second kappa shape index (κ2) is 5.58. The highest BCUT2D eigenvalue weighted by Crippen LogP contribution is 2.06. The fourth-order valence-electron chi connectivity index (χ4n) is 1.77. The fourth-order valence-corrected chi connectivity index (χ4v) is 1.77. The van der Waals surface area contributed by atoms with Gasteiger partial charge in [-0.15, -0.1) is 10.2 Å². The molecule has 1 unspecified atom stereocenters. The van der Waals surface area contributed by atoms with Crippen LogP contribution in [0.4, 0.5) is 0 Å². The van der Waals surface area contributed by atoms with Crippen molar-refractivity contribution in [2.24, 2.45) is 7.05 Å². The van der Waals surface area contributed by atoms with Gasteiger partial charge >= 0.3 is 0 Å². The fraction of sp³-hybridized carbons (Fsp3) is 0.545. The summed E-state index contributed by atoms with van der Waals surface area (Å²) in [5.74, 6) is 0.965. The predicted molar refractivity (Wildman–Crippen MR) is 64.3 cm³/mol. The van der Waals surface area contributed by atoms with E-state index in [0.717, 1.165) is 25.3 Å². The summed E-state index contributed by atoms with van der Waals surface area (Å²) in [6.45, 7) is 4.03. The molecule has 0 radical (unpaired) electrons. The van der Waals surface area contributed by atoms with E-state index in [1.54, 1.807) is 12.5 Å². The van der Waals surface area contributed by atoms with E-state index in [4.69, 9.17) is 0 Å². The summed E-state index contributed by atoms with van der Waals surface area (Å²) in [5, 5.41) is 11.4. The van der Waals surface area contributed by atoms with E-state index in [-0.39, 0.29) is 6.04 Å². The van der Waals surface area contributed by atoms with Gasteiger partial charge in [0, 0.05) is 26.0 Å². The summed E-state index contributed by atoms with van der Waals surface area (Å²) >= 11 is 0. The molecule has 2 aromatic heterocycles. The maximum Gasteiger partial charge on any atom is 0.149 e. The highest BCUT2D eigenvalue weighted by atomic mass is 15.3. The Morgan fingerprint density at radius 1 is 1.41 bits per heavy atom. The Hall–Kier alpha value is -1.69. The Morgan fingerprint density at radius 2 is 2.29 bits per heavy atom. The van der Waals surface area contributed by atoms with Gasteiger partial charge in [0.2, 0.25) is 0 Å². The SMILES string of the molecule is CC(NCCCn1ccnc1)c1nncn1C. The van der Waals surface area contributed by atoms with Crippen LogP contribution in [0, 0.1) is 0 Å². The summed E-state index contributed by atoms with van der Waals surface area (Å²) in [5.41, 5.74) is 0. The second-order valence-corrected chi connectivity index (χ2v) is 4.13. The Bertz CT molecular complexity index is 433. The molecule has 1 N–H and O–H groups in total. The molecule has 0 amide bonds. The van der Waals surface area contributed by atoms with Crippen LogP contribution >= 0.6 is 0 Å². The van der Waals surface area contributed by atoms with Crippen molar-refractivity contribution in [2.45, 2.75) is 25.9 Å². The van der Waals surface area contributed by atoms with Crippen molar-refractivity contribution < 1.29 is 0 Å². The number of nitrogens with zero attached hydrogens (tertiary/aromatic N) is 5. The van der Waals surface area contributed by atoms with E-state index < -0.39 is 0 Å². The molecule has 0 saturated heterocycles. The van der Waals surface area contributed by atoms with Crippen molar-refractivity contribution in [3.8, 4) is 0 Å². The lowest BCUT2D eigenvalue weighted by molar-refractivity contribution is 0.499. The molecule has 17 heavy (non-hydrogen) atoms. The molecule has 2 aromatic rings. The van der Waals surface area contributed by atoms with Gasteiger partial charge < -0.3 is 14.5 Å². The van der Waals surface area contributed by atoms with Gasteiger partial charge in [-0.25, -0.2) is 4.98 Å². The van der Waals surface area contributed by atoms with Crippen LogP contribution in [0.1, 0.15) is 25.2 Å². The van der Waals surface area contributed by atoms with E-state index in [2.05, 4.69) is 32.0 Å². The zero-order chi connectivity index (χ0) is 12.1. The largest absolute Gasteiger partial charge is 0.337 e. The first kappa shape index (κ1) is 11.8.